The van der Waals surface area contributed by atoms with Gasteiger partial charge in [0.25, 0.3) is 0 Å². The predicted molar refractivity (Wildman–Crippen MR) is 71.8 cm³/mol. The Labute approximate surface area is 113 Å². The average Bonchev–Trinajstić information content (AvgIpc) is 2.88. The summed E-state index contributed by atoms with van der Waals surface area (Å²) in [5, 5.41) is 12.6. The fourth-order valence-electron chi connectivity index (χ4n) is 2.13. The van der Waals surface area contributed by atoms with Gasteiger partial charge in [-0.15, -0.1) is 0 Å². The molecule has 0 saturated carbocycles. The van der Waals surface area contributed by atoms with Crippen molar-refractivity contribution in [1.29, 1.82) is 0 Å². The zero-order chi connectivity index (χ0) is 12.0. The Morgan fingerprint density at radius 3 is 2.94 bits per heavy atom. The van der Waals surface area contributed by atoms with Gasteiger partial charge in [0, 0.05) is 17.9 Å². The van der Waals surface area contributed by atoms with E-state index in [1.807, 2.05) is 4.90 Å². The van der Waals surface area contributed by atoms with Crippen LogP contribution in [0.2, 0.25) is 10.0 Å². The molecule has 0 aliphatic carbocycles. The largest absolute Gasteiger partial charge is 0.365 e. The van der Waals surface area contributed by atoms with E-state index in [0.717, 1.165) is 23.0 Å². The van der Waals surface area contributed by atoms with Gasteiger partial charge < -0.3 is 10.0 Å². The minimum absolute atomic E-state index is 0.354. The van der Waals surface area contributed by atoms with Crippen LogP contribution in [0.5, 0.6) is 0 Å². The first kappa shape index (κ1) is 11.7. The van der Waals surface area contributed by atoms with Crippen LogP contribution >= 0.6 is 35.0 Å². The summed E-state index contributed by atoms with van der Waals surface area (Å²) in [6.07, 6.45) is 0. The molecule has 0 aromatic heterocycles. The van der Waals surface area contributed by atoms with Gasteiger partial charge in [-0.1, -0.05) is 41.0 Å². The number of benzene rings is 1. The van der Waals surface area contributed by atoms with Crippen LogP contribution in [0.1, 0.15) is 5.56 Å². The van der Waals surface area contributed by atoms with E-state index in [1.165, 1.54) is 0 Å². The second-order valence-corrected chi connectivity index (χ2v) is 5.92. The van der Waals surface area contributed by atoms with E-state index in [-0.39, 0.29) is 0 Å². The number of aliphatic hydroxyl groups is 1. The smallest absolute Gasteiger partial charge is 0.186 e. The van der Waals surface area contributed by atoms with Crippen molar-refractivity contribution >= 4 is 40.1 Å². The Kier molecular flexibility index (Phi) is 2.78. The molecule has 3 nitrogen and oxygen atoms in total. The van der Waals surface area contributed by atoms with Crippen LogP contribution in [-0.2, 0) is 5.72 Å². The third-order valence-corrected chi connectivity index (χ3v) is 4.77. The lowest BCUT2D eigenvalue weighted by Crippen LogP contribution is -2.44. The van der Waals surface area contributed by atoms with Crippen LogP contribution in [-0.4, -0.2) is 34.0 Å². The molecule has 1 fully saturated rings. The monoisotopic (exact) mass is 288 g/mol. The minimum atomic E-state index is -1.06. The molecule has 90 valence electrons. The molecule has 17 heavy (non-hydrogen) atoms. The first-order valence-electron chi connectivity index (χ1n) is 5.24. The van der Waals surface area contributed by atoms with E-state index >= 15 is 0 Å². The molecule has 0 amide bonds. The van der Waals surface area contributed by atoms with Crippen molar-refractivity contribution in [3.63, 3.8) is 0 Å². The van der Waals surface area contributed by atoms with Gasteiger partial charge in [0.05, 0.1) is 16.6 Å². The normalized spacial score (nSPS) is 27.2. The van der Waals surface area contributed by atoms with Gasteiger partial charge in [0.2, 0.25) is 0 Å². The number of hydrogen-bond donors (Lipinski definition) is 1. The lowest BCUT2D eigenvalue weighted by atomic mass is 10.0. The van der Waals surface area contributed by atoms with Crippen molar-refractivity contribution < 1.29 is 5.11 Å². The highest BCUT2D eigenvalue weighted by Crippen LogP contribution is 2.39. The van der Waals surface area contributed by atoms with E-state index in [1.54, 1.807) is 30.0 Å². The zero-order valence-electron chi connectivity index (χ0n) is 8.86. The molecule has 0 unspecified atom stereocenters. The molecule has 1 saturated heterocycles. The average molecular weight is 289 g/mol. The topological polar surface area (TPSA) is 35.8 Å². The standard InChI is InChI=1S/C11H10Cl2N2OS/c12-8-2-1-7(5-9(8)13)11(16)6-14-10-15(11)3-4-17-10/h1-2,5,16H,3-4,6H2/t11-/m1/s1. The fourth-order valence-corrected chi connectivity index (χ4v) is 3.44. The number of fused-ring (bicyclic) bond motifs is 1. The van der Waals surface area contributed by atoms with E-state index < -0.39 is 5.72 Å². The number of nitrogens with zero attached hydrogens (tertiary/aromatic N) is 2. The summed E-state index contributed by atoms with van der Waals surface area (Å²) in [6, 6.07) is 5.22. The molecule has 1 atom stereocenters. The summed E-state index contributed by atoms with van der Waals surface area (Å²) in [5.74, 6) is 0.961. The molecule has 1 N–H and O–H groups in total. The maximum Gasteiger partial charge on any atom is 0.186 e. The van der Waals surface area contributed by atoms with Gasteiger partial charge in [-0.2, -0.15) is 0 Å². The highest BCUT2D eigenvalue weighted by Gasteiger charge is 2.45. The number of hydrogen-bond acceptors (Lipinski definition) is 4. The molecule has 0 bridgehead atoms. The molecule has 1 aromatic carbocycles. The van der Waals surface area contributed by atoms with E-state index in [4.69, 9.17) is 23.2 Å². The lowest BCUT2D eigenvalue weighted by Gasteiger charge is -2.32. The van der Waals surface area contributed by atoms with Crippen LogP contribution in [0.15, 0.2) is 23.2 Å². The van der Waals surface area contributed by atoms with Gasteiger partial charge in [-0.25, -0.2) is 0 Å². The summed E-state index contributed by atoms with van der Waals surface area (Å²) >= 11 is 13.6. The maximum atomic E-state index is 10.7. The SMILES string of the molecule is O[C@@]1(c2ccc(Cl)c(Cl)c2)CN=C2SCCN21. The Morgan fingerprint density at radius 2 is 2.18 bits per heavy atom. The number of rotatable bonds is 1. The lowest BCUT2D eigenvalue weighted by molar-refractivity contribution is -0.0500. The highest BCUT2D eigenvalue weighted by atomic mass is 35.5. The summed E-state index contributed by atoms with van der Waals surface area (Å²) in [5.41, 5.74) is -0.319. The third-order valence-electron chi connectivity index (χ3n) is 3.04. The van der Waals surface area contributed by atoms with Gasteiger partial charge in [0.15, 0.2) is 10.9 Å². The summed E-state index contributed by atoms with van der Waals surface area (Å²) in [6.45, 7) is 1.16. The molecule has 0 spiro atoms. The summed E-state index contributed by atoms with van der Waals surface area (Å²) < 4.78 is 0. The molecule has 2 aliphatic rings. The molecular weight excluding hydrogens is 279 g/mol. The van der Waals surface area contributed by atoms with Crippen LogP contribution < -0.4 is 0 Å². The van der Waals surface area contributed by atoms with Crippen LogP contribution in [0, 0.1) is 0 Å². The zero-order valence-corrected chi connectivity index (χ0v) is 11.2. The van der Waals surface area contributed by atoms with Crippen molar-refractivity contribution in [1.82, 2.24) is 4.90 Å². The van der Waals surface area contributed by atoms with E-state index in [0.29, 0.717) is 16.6 Å². The Balaban J connectivity index is 2.01. The van der Waals surface area contributed by atoms with Gasteiger partial charge in [-0.3, -0.25) is 4.99 Å². The third kappa shape index (κ3) is 1.74. The highest BCUT2D eigenvalue weighted by molar-refractivity contribution is 8.14. The van der Waals surface area contributed by atoms with Crippen LogP contribution in [0.25, 0.3) is 0 Å². The number of amidine groups is 1. The maximum absolute atomic E-state index is 10.7. The minimum Gasteiger partial charge on any atom is -0.365 e. The van der Waals surface area contributed by atoms with Crippen LogP contribution in [0.3, 0.4) is 0 Å². The van der Waals surface area contributed by atoms with Gasteiger partial charge in [-0.05, 0) is 12.1 Å². The van der Waals surface area contributed by atoms with E-state index in [2.05, 4.69) is 4.99 Å². The first-order valence-corrected chi connectivity index (χ1v) is 6.98. The molecular formula is C11H10Cl2N2OS. The molecule has 2 aliphatic heterocycles. The van der Waals surface area contributed by atoms with Crippen molar-refractivity contribution in [2.24, 2.45) is 4.99 Å². The van der Waals surface area contributed by atoms with E-state index in [9.17, 15) is 5.11 Å². The molecule has 3 rings (SSSR count). The van der Waals surface area contributed by atoms with Gasteiger partial charge in [0.1, 0.15) is 0 Å². The molecule has 0 radical (unpaired) electrons. The van der Waals surface area contributed by atoms with Crippen molar-refractivity contribution in [3.05, 3.63) is 33.8 Å². The second-order valence-electron chi connectivity index (χ2n) is 4.04. The first-order chi connectivity index (χ1) is 8.11. The van der Waals surface area contributed by atoms with Crippen LogP contribution in [0.4, 0.5) is 0 Å². The quantitative estimate of drug-likeness (QED) is 0.863. The Hall–Kier alpha value is -0.420. The van der Waals surface area contributed by atoms with Crippen molar-refractivity contribution in [3.8, 4) is 0 Å². The van der Waals surface area contributed by atoms with Gasteiger partial charge >= 0.3 is 0 Å². The number of aliphatic imine (C=N–C) groups is 1. The second kappa shape index (κ2) is 4.05. The fraction of sp³-hybridized carbons (Fsp3) is 0.364. The molecule has 1 aromatic rings. The predicted octanol–water partition coefficient (Wildman–Crippen LogP) is 2.56. The van der Waals surface area contributed by atoms with Crippen molar-refractivity contribution in [2.45, 2.75) is 5.72 Å². The Bertz CT molecular complexity index is 508. The molecule has 2 heterocycles. The molecule has 6 heteroatoms. The Morgan fingerprint density at radius 1 is 1.35 bits per heavy atom. The number of thioether (sulfide) groups is 1. The van der Waals surface area contributed by atoms with Crippen molar-refractivity contribution in [2.75, 3.05) is 18.8 Å². The summed E-state index contributed by atoms with van der Waals surface area (Å²) in [4.78, 5) is 6.29. The number of halogens is 2. The summed E-state index contributed by atoms with van der Waals surface area (Å²) in [7, 11) is 0.